The quantitative estimate of drug-likeness (QED) is 0.357. The van der Waals surface area contributed by atoms with Crippen molar-refractivity contribution >= 4 is 56.4 Å². The molecule has 3 N–H and O–H groups in total. The fourth-order valence-electron chi connectivity index (χ4n) is 1.61. The molecule has 0 amide bonds. The van der Waals surface area contributed by atoms with Crippen LogP contribution in [0.5, 0.6) is 0 Å². The largest absolute Gasteiger partial charge is 0.375 e. The second-order valence-corrected chi connectivity index (χ2v) is 6.70. The first kappa shape index (κ1) is 16.9. The highest BCUT2D eigenvalue weighted by atomic mass is 32.1. The van der Waals surface area contributed by atoms with Gasteiger partial charge in [0.1, 0.15) is 4.88 Å². The number of hydrazone groups is 1. The second kappa shape index (κ2) is 6.76. The summed E-state index contributed by atoms with van der Waals surface area (Å²) in [6.07, 6.45) is 0. The van der Waals surface area contributed by atoms with Crippen molar-refractivity contribution in [1.82, 2.24) is 5.43 Å². The van der Waals surface area contributed by atoms with Crippen LogP contribution in [0.3, 0.4) is 0 Å². The molecule has 0 saturated heterocycles. The van der Waals surface area contributed by atoms with E-state index in [1.807, 2.05) is 0 Å². The molecular formula is C11H9N5O4S3. The van der Waals surface area contributed by atoms with Gasteiger partial charge in [-0.15, -0.1) is 11.3 Å². The highest BCUT2D eigenvalue weighted by molar-refractivity contribution is 7.80. The van der Waals surface area contributed by atoms with Gasteiger partial charge in [-0.1, -0.05) is 11.3 Å². The van der Waals surface area contributed by atoms with Crippen LogP contribution >= 0.6 is 34.9 Å². The van der Waals surface area contributed by atoms with Gasteiger partial charge in [0, 0.05) is 12.1 Å². The first-order valence-corrected chi connectivity index (χ1v) is 7.96. The zero-order valence-electron chi connectivity index (χ0n) is 11.5. The van der Waals surface area contributed by atoms with Gasteiger partial charge in [-0.3, -0.25) is 25.7 Å². The van der Waals surface area contributed by atoms with E-state index < -0.39 is 9.85 Å². The number of hydrogen-bond donors (Lipinski definition) is 2. The summed E-state index contributed by atoms with van der Waals surface area (Å²) in [5.41, 5.74) is 8.01. The third-order valence-corrected chi connectivity index (χ3v) is 5.14. The van der Waals surface area contributed by atoms with Crippen LogP contribution in [0.15, 0.2) is 23.3 Å². The van der Waals surface area contributed by atoms with E-state index in [0.717, 1.165) is 22.7 Å². The van der Waals surface area contributed by atoms with Gasteiger partial charge in [0.2, 0.25) is 0 Å². The lowest BCUT2D eigenvalue weighted by atomic mass is 10.3. The maximum atomic E-state index is 11.2. The van der Waals surface area contributed by atoms with E-state index in [0.29, 0.717) is 20.3 Å². The minimum atomic E-state index is -0.534. The molecule has 0 saturated carbocycles. The highest BCUT2D eigenvalue weighted by Crippen LogP contribution is 2.43. The molecule has 0 aliphatic rings. The Morgan fingerprint density at radius 1 is 1.30 bits per heavy atom. The number of nitrogens with zero attached hydrogens (tertiary/aromatic N) is 3. The summed E-state index contributed by atoms with van der Waals surface area (Å²) >= 11 is 6.63. The predicted octanol–water partition coefficient (Wildman–Crippen LogP) is 2.85. The number of hydrogen-bond acceptors (Lipinski definition) is 8. The molecule has 9 nitrogen and oxygen atoms in total. The topological polar surface area (TPSA) is 137 Å². The number of nitrogens with one attached hydrogen (secondary N) is 1. The van der Waals surface area contributed by atoms with Crippen LogP contribution < -0.4 is 11.2 Å². The molecule has 0 aromatic carbocycles. The van der Waals surface area contributed by atoms with Crippen molar-refractivity contribution in [2.24, 2.45) is 10.8 Å². The van der Waals surface area contributed by atoms with Crippen LogP contribution in [0.25, 0.3) is 9.75 Å². The first-order chi connectivity index (χ1) is 10.8. The number of nitrogens with two attached hydrogens (primary N) is 1. The van der Waals surface area contributed by atoms with Crippen LogP contribution in [0.1, 0.15) is 11.8 Å². The van der Waals surface area contributed by atoms with Crippen LogP contribution in [0.4, 0.5) is 10.7 Å². The normalized spacial score (nSPS) is 11.3. The van der Waals surface area contributed by atoms with Crippen LogP contribution in [0, 0.1) is 20.2 Å². The summed E-state index contributed by atoms with van der Waals surface area (Å²) in [7, 11) is 0. The Hall–Kier alpha value is -2.44. The Morgan fingerprint density at radius 3 is 2.52 bits per heavy atom. The fourth-order valence-corrected chi connectivity index (χ4v) is 3.67. The summed E-state index contributed by atoms with van der Waals surface area (Å²) in [5, 5.41) is 25.8. The monoisotopic (exact) mass is 371 g/mol. The van der Waals surface area contributed by atoms with E-state index in [1.165, 1.54) is 18.2 Å². The van der Waals surface area contributed by atoms with Gasteiger partial charge < -0.3 is 5.73 Å². The van der Waals surface area contributed by atoms with Gasteiger partial charge in [0.25, 0.3) is 5.69 Å². The predicted molar refractivity (Wildman–Crippen MR) is 93.1 cm³/mol. The molecule has 2 aromatic heterocycles. The van der Waals surface area contributed by atoms with E-state index in [9.17, 15) is 20.2 Å². The summed E-state index contributed by atoms with van der Waals surface area (Å²) in [6.45, 7) is 1.64. The van der Waals surface area contributed by atoms with E-state index in [-0.39, 0.29) is 15.8 Å². The fraction of sp³-hybridized carbons (Fsp3) is 0.0909. The molecule has 2 aromatic rings. The molecule has 12 heteroatoms. The number of nitro groups is 2. The van der Waals surface area contributed by atoms with E-state index in [1.54, 1.807) is 6.92 Å². The summed E-state index contributed by atoms with van der Waals surface area (Å²) in [6, 6.07) is 4.18. The molecule has 0 aliphatic carbocycles. The van der Waals surface area contributed by atoms with Gasteiger partial charge in [0.15, 0.2) is 5.11 Å². The molecule has 0 radical (unpaired) electrons. The lowest BCUT2D eigenvalue weighted by Gasteiger charge is -1.97. The lowest BCUT2D eigenvalue weighted by Crippen LogP contribution is -2.25. The zero-order valence-corrected chi connectivity index (χ0v) is 14.0. The maximum Gasteiger partial charge on any atom is 0.324 e. The Kier molecular flexibility index (Phi) is 4.98. The Morgan fingerprint density at radius 2 is 2.00 bits per heavy atom. The average Bonchev–Trinajstić information content (AvgIpc) is 3.10. The number of thiocarbonyl (C=S) groups is 1. The van der Waals surface area contributed by atoms with Gasteiger partial charge >= 0.3 is 5.00 Å². The molecule has 0 fully saturated rings. The molecule has 120 valence electrons. The Balaban J connectivity index is 2.46. The molecule has 2 heterocycles. The van der Waals surface area contributed by atoms with Crippen molar-refractivity contribution in [3.8, 4) is 9.75 Å². The zero-order chi connectivity index (χ0) is 17.1. The third-order valence-electron chi connectivity index (χ3n) is 2.60. The minimum absolute atomic E-state index is 0.0236. The van der Waals surface area contributed by atoms with Crippen LogP contribution in [-0.4, -0.2) is 20.7 Å². The van der Waals surface area contributed by atoms with Gasteiger partial charge in [0.05, 0.1) is 25.3 Å². The van der Waals surface area contributed by atoms with Crippen molar-refractivity contribution in [2.45, 2.75) is 6.92 Å². The molecule has 0 bridgehead atoms. The smallest absolute Gasteiger partial charge is 0.324 e. The minimum Gasteiger partial charge on any atom is -0.375 e. The second-order valence-electron chi connectivity index (χ2n) is 4.15. The average molecular weight is 371 g/mol. The molecule has 0 unspecified atom stereocenters. The third kappa shape index (κ3) is 3.85. The molecule has 0 aliphatic heterocycles. The van der Waals surface area contributed by atoms with Crippen molar-refractivity contribution in [3.05, 3.63) is 43.3 Å². The Bertz CT molecular complexity index is 825. The standard InChI is InChI=1S/C11H9N5O4S3/c1-5(13-14-11(12)21)8-4-6(15(17)18)10(23-8)7-2-3-9(22-7)16(19)20/h2-4H,1H3,(H3,12,14,21)/b13-5-. The van der Waals surface area contributed by atoms with E-state index >= 15 is 0 Å². The first-order valence-electron chi connectivity index (χ1n) is 5.92. The lowest BCUT2D eigenvalue weighted by molar-refractivity contribution is -0.383. The molecule has 2 rings (SSSR count). The van der Waals surface area contributed by atoms with Crippen LogP contribution in [0.2, 0.25) is 0 Å². The van der Waals surface area contributed by atoms with Crippen molar-refractivity contribution in [1.29, 1.82) is 0 Å². The molecule has 0 spiro atoms. The van der Waals surface area contributed by atoms with Crippen molar-refractivity contribution < 1.29 is 9.85 Å². The SMILES string of the molecule is C/C(=N/NC(N)=S)c1cc([N+](=O)[O-])c(-c2ccc([N+](=O)[O-])s2)s1. The molecular weight excluding hydrogens is 362 g/mol. The number of thiophene rings is 2. The maximum absolute atomic E-state index is 11.2. The van der Waals surface area contributed by atoms with Gasteiger partial charge in [-0.05, 0) is 25.2 Å². The molecule has 0 atom stereocenters. The van der Waals surface area contributed by atoms with Crippen molar-refractivity contribution in [2.75, 3.05) is 0 Å². The molecule has 23 heavy (non-hydrogen) atoms. The van der Waals surface area contributed by atoms with Gasteiger partial charge in [-0.2, -0.15) is 5.10 Å². The van der Waals surface area contributed by atoms with Gasteiger partial charge in [-0.25, -0.2) is 0 Å². The highest BCUT2D eigenvalue weighted by Gasteiger charge is 2.24. The summed E-state index contributed by atoms with van der Waals surface area (Å²) < 4.78 is 0. The van der Waals surface area contributed by atoms with E-state index in [2.05, 4.69) is 22.7 Å². The van der Waals surface area contributed by atoms with Crippen molar-refractivity contribution in [3.63, 3.8) is 0 Å². The number of rotatable bonds is 5. The van der Waals surface area contributed by atoms with E-state index in [4.69, 9.17) is 5.73 Å². The summed E-state index contributed by atoms with van der Waals surface area (Å²) in [5.74, 6) is 0. The van der Waals surface area contributed by atoms with Crippen LogP contribution in [-0.2, 0) is 0 Å². The summed E-state index contributed by atoms with van der Waals surface area (Å²) in [4.78, 5) is 22.2. The Labute approximate surface area is 142 Å².